The molecule has 4 heteroatoms. The highest BCUT2D eigenvalue weighted by molar-refractivity contribution is 7.12. The summed E-state index contributed by atoms with van der Waals surface area (Å²) in [6.07, 6.45) is 0. The second kappa shape index (κ2) is 6.08. The van der Waals surface area contributed by atoms with Gasteiger partial charge in [-0.1, -0.05) is 0 Å². The van der Waals surface area contributed by atoms with Crippen molar-refractivity contribution in [1.82, 2.24) is 0 Å². The predicted octanol–water partition coefficient (Wildman–Crippen LogP) is 5.51. The first kappa shape index (κ1) is 16.5. The lowest BCUT2D eigenvalue weighted by atomic mass is 9.89. The fourth-order valence-corrected chi connectivity index (χ4v) is 4.98. The van der Waals surface area contributed by atoms with E-state index in [4.69, 9.17) is 0 Å². The van der Waals surface area contributed by atoms with Crippen molar-refractivity contribution in [3.8, 4) is 12.1 Å². The zero-order chi connectivity index (χ0) is 16.6. The third-order valence-corrected chi connectivity index (χ3v) is 6.34. The summed E-state index contributed by atoms with van der Waals surface area (Å²) in [5, 5.41) is 18.9. The van der Waals surface area contributed by atoms with E-state index >= 15 is 0 Å². The molecule has 2 nitrogen and oxygen atoms in total. The molecule has 0 atom stereocenters. The molecule has 22 heavy (non-hydrogen) atoms. The monoisotopic (exact) mass is 326 g/mol. The highest BCUT2D eigenvalue weighted by Gasteiger charge is 2.24. The third-order valence-electron chi connectivity index (χ3n) is 4.10. The highest BCUT2D eigenvalue weighted by Crippen LogP contribution is 2.42. The molecule has 2 rings (SSSR count). The van der Waals surface area contributed by atoms with E-state index in [-0.39, 0.29) is 5.57 Å². The van der Waals surface area contributed by atoms with Crippen molar-refractivity contribution in [2.75, 3.05) is 0 Å². The normalized spacial score (nSPS) is 10.2. The maximum atomic E-state index is 9.47. The van der Waals surface area contributed by atoms with Gasteiger partial charge in [0.1, 0.15) is 17.7 Å². The molecule has 0 bridgehead atoms. The first-order valence-electron chi connectivity index (χ1n) is 7.01. The summed E-state index contributed by atoms with van der Waals surface area (Å²) in [6, 6.07) is 4.21. The Bertz CT molecular complexity index is 794. The Morgan fingerprint density at radius 3 is 1.27 bits per heavy atom. The molecule has 0 aliphatic rings. The van der Waals surface area contributed by atoms with Crippen LogP contribution in [0.25, 0.3) is 5.57 Å². The summed E-state index contributed by atoms with van der Waals surface area (Å²) in [4.78, 5) is 4.80. The van der Waals surface area contributed by atoms with Crippen LogP contribution < -0.4 is 0 Å². The summed E-state index contributed by atoms with van der Waals surface area (Å²) in [5.74, 6) is 0. The van der Waals surface area contributed by atoms with E-state index in [9.17, 15) is 10.5 Å². The lowest BCUT2D eigenvalue weighted by molar-refractivity contribution is 1.33. The maximum Gasteiger partial charge on any atom is 0.138 e. The van der Waals surface area contributed by atoms with Gasteiger partial charge in [0, 0.05) is 36.2 Å². The number of rotatable bonds is 2. The van der Waals surface area contributed by atoms with Crippen molar-refractivity contribution in [3.63, 3.8) is 0 Å². The Morgan fingerprint density at radius 1 is 0.682 bits per heavy atom. The number of hydrogen-bond acceptors (Lipinski definition) is 4. The number of allylic oxidation sites excluding steroid dienone is 1. The Hall–Kier alpha value is -1.88. The molecule has 0 unspecified atom stereocenters. The Labute approximate surface area is 140 Å². The van der Waals surface area contributed by atoms with Gasteiger partial charge in [-0.25, -0.2) is 0 Å². The van der Waals surface area contributed by atoms with Gasteiger partial charge in [0.25, 0.3) is 0 Å². The molecule has 0 saturated carbocycles. The standard InChI is InChI=1S/C18H18N2S2/c1-9-11(3)21-13(5)16(9)18(15(7-19)8-20)17-10(2)12(4)22-14(17)6/h1-6H3. The van der Waals surface area contributed by atoms with Crippen molar-refractivity contribution in [3.05, 3.63) is 47.3 Å². The molecule has 2 heterocycles. The van der Waals surface area contributed by atoms with Crippen molar-refractivity contribution >= 4 is 28.2 Å². The topological polar surface area (TPSA) is 47.6 Å². The molecule has 0 fully saturated rings. The summed E-state index contributed by atoms with van der Waals surface area (Å²) in [5.41, 5.74) is 5.47. The van der Waals surface area contributed by atoms with Crippen molar-refractivity contribution < 1.29 is 0 Å². The minimum absolute atomic E-state index is 0.202. The van der Waals surface area contributed by atoms with Crippen LogP contribution >= 0.6 is 22.7 Å². The smallest absolute Gasteiger partial charge is 0.138 e. The Balaban J connectivity index is 2.96. The van der Waals surface area contributed by atoms with Crippen LogP contribution in [0, 0.1) is 64.2 Å². The van der Waals surface area contributed by atoms with Crippen LogP contribution in [-0.2, 0) is 0 Å². The predicted molar refractivity (Wildman–Crippen MR) is 94.3 cm³/mol. The first-order chi connectivity index (χ1) is 10.3. The van der Waals surface area contributed by atoms with E-state index in [1.54, 1.807) is 22.7 Å². The number of nitrogens with zero attached hydrogens (tertiary/aromatic N) is 2. The molecular weight excluding hydrogens is 308 g/mol. The van der Waals surface area contributed by atoms with Crippen LogP contribution in [0.1, 0.15) is 41.8 Å². The van der Waals surface area contributed by atoms with Gasteiger partial charge in [0.15, 0.2) is 0 Å². The van der Waals surface area contributed by atoms with Gasteiger partial charge >= 0.3 is 0 Å². The van der Waals surface area contributed by atoms with E-state index < -0.39 is 0 Å². The molecule has 0 spiro atoms. The average molecular weight is 326 g/mol. The molecule has 0 radical (unpaired) electrons. The number of aryl methyl sites for hydroxylation is 4. The van der Waals surface area contributed by atoms with Gasteiger partial charge in [-0.05, 0) is 52.7 Å². The van der Waals surface area contributed by atoms with Gasteiger partial charge < -0.3 is 0 Å². The van der Waals surface area contributed by atoms with Gasteiger partial charge in [0.2, 0.25) is 0 Å². The molecular formula is C18H18N2S2. The summed E-state index contributed by atoms with van der Waals surface area (Å²) in [7, 11) is 0. The lowest BCUT2D eigenvalue weighted by Crippen LogP contribution is -1.97. The summed E-state index contributed by atoms with van der Waals surface area (Å²) < 4.78 is 0. The maximum absolute atomic E-state index is 9.47. The molecule has 0 aliphatic carbocycles. The van der Waals surface area contributed by atoms with Gasteiger partial charge in [-0.2, -0.15) is 10.5 Å². The van der Waals surface area contributed by atoms with Gasteiger partial charge in [-0.3, -0.25) is 0 Å². The molecule has 112 valence electrons. The summed E-state index contributed by atoms with van der Waals surface area (Å²) in [6.45, 7) is 12.5. The van der Waals surface area contributed by atoms with Gasteiger partial charge in [-0.15, -0.1) is 22.7 Å². The van der Waals surface area contributed by atoms with Crippen LogP contribution in [0.4, 0.5) is 0 Å². The molecule has 0 amide bonds. The van der Waals surface area contributed by atoms with Gasteiger partial charge in [0.05, 0.1) is 0 Å². The van der Waals surface area contributed by atoms with Crippen molar-refractivity contribution in [2.45, 2.75) is 41.5 Å². The fourth-order valence-electron chi connectivity index (χ4n) is 2.83. The fraction of sp³-hybridized carbons (Fsp3) is 0.333. The largest absolute Gasteiger partial charge is 0.192 e. The molecule has 2 aromatic rings. The highest BCUT2D eigenvalue weighted by atomic mass is 32.1. The van der Waals surface area contributed by atoms with E-state index in [1.165, 1.54) is 20.9 Å². The van der Waals surface area contributed by atoms with Crippen molar-refractivity contribution in [2.24, 2.45) is 0 Å². The second-order valence-corrected chi connectivity index (χ2v) is 8.26. The van der Waals surface area contributed by atoms with Crippen LogP contribution in [-0.4, -0.2) is 0 Å². The number of nitriles is 2. The van der Waals surface area contributed by atoms with E-state index in [0.29, 0.717) is 0 Å². The number of thiophene rings is 2. The van der Waals surface area contributed by atoms with Crippen LogP contribution in [0.3, 0.4) is 0 Å². The molecule has 0 saturated heterocycles. The molecule has 0 aromatic carbocycles. The van der Waals surface area contributed by atoms with Crippen LogP contribution in [0.15, 0.2) is 5.57 Å². The second-order valence-electron chi connectivity index (χ2n) is 5.40. The zero-order valence-electron chi connectivity index (χ0n) is 13.7. The molecule has 2 aromatic heterocycles. The quantitative estimate of drug-likeness (QED) is 0.683. The van der Waals surface area contributed by atoms with E-state index in [1.807, 2.05) is 0 Å². The van der Waals surface area contributed by atoms with Crippen molar-refractivity contribution in [1.29, 1.82) is 10.5 Å². The minimum atomic E-state index is 0.202. The third kappa shape index (κ3) is 2.50. The Morgan fingerprint density at radius 2 is 1.05 bits per heavy atom. The zero-order valence-corrected chi connectivity index (χ0v) is 15.3. The van der Waals surface area contributed by atoms with E-state index in [2.05, 4.69) is 53.7 Å². The summed E-state index contributed by atoms with van der Waals surface area (Å²) >= 11 is 3.45. The SMILES string of the molecule is Cc1sc(C)c(C(=C(C#N)C#N)c2c(C)sc(C)c2C)c1C. The first-order valence-corrected chi connectivity index (χ1v) is 8.65. The molecule has 0 N–H and O–H groups in total. The average Bonchev–Trinajstić information content (AvgIpc) is 2.85. The number of hydrogen-bond donors (Lipinski definition) is 0. The van der Waals surface area contributed by atoms with E-state index in [0.717, 1.165) is 26.5 Å². The van der Waals surface area contributed by atoms with Crippen LogP contribution in [0.2, 0.25) is 0 Å². The van der Waals surface area contributed by atoms with Crippen LogP contribution in [0.5, 0.6) is 0 Å². The Kier molecular flexibility index (Phi) is 4.56. The molecule has 0 aliphatic heterocycles. The lowest BCUT2D eigenvalue weighted by Gasteiger charge is -2.12. The minimum Gasteiger partial charge on any atom is -0.192 e.